The van der Waals surface area contributed by atoms with Gasteiger partial charge in [0.1, 0.15) is 0 Å². The first-order valence-electron chi connectivity index (χ1n) is 6.79. The highest BCUT2D eigenvalue weighted by Gasteiger charge is 2.07. The zero-order chi connectivity index (χ0) is 14.8. The normalized spacial score (nSPS) is 10.2. The maximum absolute atomic E-state index is 11.6. The molecule has 0 aliphatic rings. The minimum atomic E-state index is -0.149. The van der Waals surface area contributed by atoms with Crippen LogP contribution in [0.2, 0.25) is 0 Å². The van der Waals surface area contributed by atoms with Crippen LogP contribution in [0.15, 0.2) is 18.2 Å². The molecule has 5 heteroatoms. The number of benzene rings is 1. The lowest BCUT2D eigenvalue weighted by molar-refractivity contribution is -0.123. The number of nitrogens with one attached hydrogen (secondary N) is 1. The lowest BCUT2D eigenvalue weighted by atomic mass is 10.2. The van der Waals surface area contributed by atoms with E-state index < -0.39 is 0 Å². The minimum Gasteiger partial charge on any atom is -0.493 e. The van der Waals surface area contributed by atoms with E-state index in [1.54, 1.807) is 13.2 Å². The molecule has 0 aliphatic heterocycles. The molecule has 0 atom stereocenters. The first-order chi connectivity index (χ1) is 9.67. The lowest BCUT2D eigenvalue weighted by Crippen LogP contribution is -2.30. The number of amides is 1. The van der Waals surface area contributed by atoms with Gasteiger partial charge in [-0.2, -0.15) is 0 Å². The Morgan fingerprint density at radius 3 is 2.80 bits per heavy atom. The van der Waals surface area contributed by atoms with Crippen LogP contribution in [0.3, 0.4) is 0 Å². The summed E-state index contributed by atoms with van der Waals surface area (Å²) < 4.78 is 15.9. The van der Waals surface area contributed by atoms with Gasteiger partial charge in [-0.25, -0.2) is 0 Å². The fourth-order valence-corrected chi connectivity index (χ4v) is 1.63. The molecule has 0 saturated heterocycles. The summed E-state index contributed by atoms with van der Waals surface area (Å²) in [5.41, 5.74) is 1.08. The summed E-state index contributed by atoms with van der Waals surface area (Å²) >= 11 is 0. The first kappa shape index (κ1) is 16.3. The third kappa shape index (κ3) is 5.93. The van der Waals surface area contributed by atoms with Gasteiger partial charge in [-0.1, -0.05) is 6.07 Å². The molecule has 0 aromatic heterocycles. The topological polar surface area (TPSA) is 56.8 Å². The fourth-order valence-electron chi connectivity index (χ4n) is 1.63. The van der Waals surface area contributed by atoms with E-state index in [0.717, 1.165) is 12.0 Å². The number of rotatable bonds is 9. The Morgan fingerprint density at radius 2 is 2.10 bits per heavy atom. The summed E-state index contributed by atoms with van der Waals surface area (Å²) in [7, 11) is 1.58. The summed E-state index contributed by atoms with van der Waals surface area (Å²) in [4.78, 5) is 11.6. The molecule has 1 aromatic rings. The Hall–Kier alpha value is -1.75. The van der Waals surface area contributed by atoms with E-state index in [9.17, 15) is 4.79 Å². The Bertz CT molecular complexity index is 420. The van der Waals surface area contributed by atoms with Gasteiger partial charge < -0.3 is 19.5 Å². The fraction of sp³-hybridized carbons (Fsp3) is 0.533. The van der Waals surface area contributed by atoms with Gasteiger partial charge in [-0.05, 0) is 38.0 Å². The molecule has 0 fully saturated rings. The number of carbonyl (C=O) groups excluding carboxylic acids is 1. The van der Waals surface area contributed by atoms with E-state index in [2.05, 4.69) is 5.32 Å². The van der Waals surface area contributed by atoms with Crippen molar-refractivity contribution in [2.45, 2.75) is 20.3 Å². The molecule has 20 heavy (non-hydrogen) atoms. The molecule has 0 aliphatic carbocycles. The van der Waals surface area contributed by atoms with E-state index >= 15 is 0 Å². The van der Waals surface area contributed by atoms with Crippen molar-refractivity contribution in [2.24, 2.45) is 0 Å². The summed E-state index contributed by atoms with van der Waals surface area (Å²) in [6, 6.07) is 5.59. The van der Waals surface area contributed by atoms with E-state index in [-0.39, 0.29) is 12.5 Å². The van der Waals surface area contributed by atoms with Crippen molar-refractivity contribution in [2.75, 3.05) is 33.5 Å². The van der Waals surface area contributed by atoms with Crippen LogP contribution in [0.25, 0.3) is 0 Å². The van der Waals surface area contributed by atoms with Crippen molar-refractivity contribution in [3.05, 3.63) is 23.8 Å². The summed E-state index contributed by atoms with van der Waals surface area (Å²) in [5, 5.41) is 2.78. The van der Waals surface area contributed by atoms with Crippen molar-refractivity contribution < 1.29 is 19.0 Å². The van der Waals surface area contributed by atoms with E-state index in [1.165, 1.54) is 0 Å². The molecule has 0 saturated carbocycles. The van der Waals surface area contributed by atoms with Crippen LogP contribution < -0.4 is 14.8 Å². The van der Waals surface area contributed by atoms with Crippen LogP contribution in [-0.4, -0.2) is 39.4 Å². The molecule has 0 heterocycles. The summed E-state index contributed by atoms with van der Waals surface area (Å²) in [5.74, 6) is 1.06. The zero-order valence-corrected chi connectivity index (χ0v) is 12.4. The zero-order valence-electron chi connectivity index (χ0n) is 12.4. The third-order valence-electron chi connectivity index (χ3n) is 2.67. The van der Waals surface area contributed by atoms with Gasteiger partial charge in [0.05, 0.1) is 7.11 Å². The average molecular weight is 281 g/mol. The lowest BCUT2D eigenvalue weighted by Gasteiger charge is -2.11. The van der Waals surface area contributed by atoms with Crippen LogP contribution in [0.5, 0.6) is 11.5 Å². The molecule has 0 unspecified atom stereocenters. The van der Waals surface area contributed by atoms with Crippen molar-refractivity contribution in [3.63, 3.8) is 0 Å². The molecule has 5 nitrogen and oxygen atoms in total. The number of carbonyl (C=O) groups is 1. The van der Waals surface area contributed by atoms with E-state index in [1.807, 2.05) is 26.0 Å². The Labute approximate surface area is 120 Å². The molecule has 0 radical (unpaired) electrons. The van der Waals surface area contributed by atoms with E-state index in [0.29, 0.717) is 31.3 Å². The maximum atomic E-state index is 11.6. The molecule has 1 rings (SSSR count). The average Bonchev–Trinajstić information content (AvgIpc) is 2.45. The SMILES string of the molecule is CCOCCCNC(=O)COc1ccc(C)cc1OC. The van der Waals surface area contributed by atoms with Crippen LogP contribution in [0.1, 0.15) is 18.9 Å². The highest BCUT2D eigenvalue weighted by atomic mass is 16.5. The minimum absolute atomic E-state index is 0.0198. The second kappa shape index (κ2) is 9.20. The molecule has 1 amide bonds. The molecule has 1 aromatic carbocycles. The standard InChI is InChI=1S/C15H23NO4/c1-4-19-9-5-8-16-15(17)11-20-13-7-6-12(2)10-14(13)18-3/h6-7,10H,4-5,8-9,11H2,1-3H3,(H,16,17). The number of hydrogen-bond acceptors (Lipinski definition) is 4. The highest BCUT2D eigenvalue weighted by Crippen LogP contribution is 2.27. The molecule has 0 bridgehead atoms. The van der Waals surface area contributed by atoms with Crippen molar-refractivity contribution in [3.8, 4) is 11.5 Å². The number of ether oxygens (including phenoxy) is 3. The maximum Gasteiger partial charge on any atom is 0.257 e. The highest BCUT2D eigenvalue weighted by molar-refractivity contribution is 5.77. The van der Waals surface area contributed by atoms with Crippen molar-refractivity contribution >= 4 is 5.91 Å². The van der Waals surface area contributed by atoms with Gasteiger partial charge in [0, 0.05) is 19.8 Å². The van der Waals surface area contributed by atoms with Gasteiger partial charge >= 0.3 is 0 Å². The first-order valence-corrected chi connectivity index (χ1v) is 6.79. The Balaban J connectivity index is 2.30. The Kier molecular flexibility index (Phi) is 7.50. The van der Waals surface area contributed by atoms with Gasteiger partial charge in [0.25, 0.3) is 5.91 Å². The number of hydrogen-bond donors (Lipinski definition) is 1. The second-order valence-corrected chi connectivity index (χ2v) is 4.34. The van der Waals surface area contributed by atoms with E-state index in [4.69, 9.17) is 14.2 Å². The van der Waals surface area contributed by atoms with Crippen LogP contribution in [-0.2, 0) is 9.53 Å². The smallest absolute Gasteiger partial charge is 0.257 e. The molecular formula is C15H23NO4. The molecular weight excluding hydrogens is 258 g/mol. The quantitative estimate of drug-likeness (QED) is 0.703. The predicted molar refractivity (Wildman–Crippen MR) is 77.3 cm³/mol. The molecule has 112 valence electrons. The third-order valence-corrected chi connectivity index (χ3v) is 2.67. The summed E-state index contributed by atoms with van der Waals surface area (Å²) in [6.45, 7) is 5.84. The van der Waals surface area contributed by atoms with Gasteiger partial charge in [-0.3, -0.25) is 4.79 Å². The largest absolute Gasteiger partial charge is 0.493 e. The second-order valence-electron chi connectivity index (χ2n) is 4.34. The van der Waals surface area contributed by atoms with Crippen LogP contribution in [0, 0.1) is 6.92 Å². The molecule has 1 N–H and O–H groups in total. The van der Waals surface area contributed by atoms with Gasteiger partial charge in [-0.15, -0.1) is 0 Å². The monoisotopic (exact) mass is 281 g/mol. The number of methoxy groups -OCH3 is 1. The van der Waals surface area contributed by atoms with Crippen molar-refractivity contribution in [1.29, 1.82) is 0 Å². The molecule has 0 spiro atoms. The van der Waals surface area contributed by atoms with Gasteiger partial charge in [0.15, 0.2) is 18.1 Å². The predicted octanol–water partition coefficient (Wildman–Crippen LogP) is 1.93. The summed E-state index contributed by atoms with van der Waals surface area (Å²) in [6.07, 6.45) is 0.799. The van der Waals surface area contributed by atoms with Crippen LogP contribution >= 0.6 is 0 Å². The Morgan fingerprint density at radius 1 is 1.30 bits per heavy atom. The van der Waals surface area contributed by atoms with Gasteiger partial charge in [0.2, 0.25) is 0 Å². The van der Waals surface area contributed by atoms with Crippen molar-refractivity contribution in [1.82, 2.24) is 5.32 Å². The van der Waals surface area contributed by atoms with Crippen LogP contribution in [0.4, 0.5) is 0 Å². The number of aryl methyl sites for hydroxylation is 1.